The van der Waals surface area contributed by atoms with Crippen molar-refractivity contribution in [3.05, 3.63) is 59.7 Å². The van der Waals surface area contributed by atoms with Crippen molar-refractivity contribution in [2.45, 2.75) is 19.0 Å². The molecule has 130 valence electrons. The Labute approximate surface area is 142 Å². The number of hydrogen-bond acceptors (Lipinski definition) is 2. The summed E-state index contributed by atoms with van der Waals surface area (Å²) in [4.78, 5) is 25.5. The Balaban J connectivity index is 1.72. The largest absolute Gasteiger partial charge is 0.416 e. The summed E-state index contributed by atoms with van der Waals surface area (Å²) in [6.07, 6.45) is -3.17. The molecule has 3 rings (SSSR count). The summed E-state index contributed by atoms with van der Waals surface area (Å²) in [5, 5.41) is 2.56. The fourth-order valence-corrected chi connectivity index (χ4v) is 2.69. The lowest BCUT2D eigenvalue weighted by Gasteiger charge is -2.16. The zero-order valence-corrected chi connectivity index (χ0v) is 13.1. The molecule has 0 spiro atoms. The van der Waals surface area contributed by atoms with Crippen molar-refractivity contribution >= 4 is 23.2 Å². The number of amides is 2. The predicted molar refractivity (Wildman–Crippen MR) is 87.4 cm³/mol. The number of benzene rings is 2. The first-order valence-electron chi connectivity index (χ1n) is 7.73. The van der Waals surface area contributed by atoms with E-state index in [0.29, 0.717) is 18.7 Å². The summed E-state index contributed by atoms with van der Waals surface area (Å²) in [5.41, 5.74) is 0.231. The highest BCUT2D eigenvalue weighted by Gasteiger charge is 2.30. The van der Waals surface area contributed by atoms with Crippen LogP contribution in [0, 0.1) is 0 Å². The van der Waals surface area contributed by atoms with Crippen molar-refractivity contribution in [3.63, 3.8) is 0 Å². The van der Waals surface area contributed by atoms with E-state index >= 15 is 0 Å². The van der Waals surface area contributed by atoms with Crippen LogP contribution in [0.3, 0.4) is 0 Å². The van der Waals surface area contributed by atoms with Crippen molar-refractivity contribution in [2.24, 2.45) is 0 Å². The second-order valence-electron chi connectivity index (χ2n) is 5.73. The molecule has 1 fully saturated rings. The van der Waals surface area contributed by atoms with Gasteiger partial charge in [-0.1, -0.05) is 6.07 Å². The third-order valence-corrected chi connectivity index (χ3v) is 3.96. The molecule has 0 aromatic heterocycles. The van der Waals surface area contributed by atoms with Gasteiger partial charge in [-0.25, -0.2) is 0 Å². The predicted octanol–water partition coefficient (Wildman–Crippen LogP) is 4.08. The van der Waals surface area contributed by atoms with Gasteiger partial charge in [0.1, 0.15) is 0 Å². The third-order valence-electron chi connectivity index (χ3n) is 3.96. The van der Waals surface area contributed by atoms with Gasteiger partial charge in [-0.2, -0.15) is 13.2 Å². The average molecular weight is 348 g/mol. The molecule has 1 heterocycles. The highest BCUT2D eigenvalue weighted by molar-refractivity contribution is 6.04. The zero-order valence-electron chi connectivity index (χ0n) is 13.1. The first kappa shape index (κ1) is 17.0. The maximum atomic E-state index is 12.7. The van der Waals surface area contributed by atoms with Gasteiger partial charge < -0.3 is 10.2 Å². The molecule has 0 aliphatic carbocycles. The summed E-state index contributed by atoms with van der Waals surface area (Å²) >= 11 is 0. The fourth-order valence-electron chi connectivity index (χ4n) is 2.69. The van der Waals surface area contributed by atoms with E-state index in [0.717, 1.165) is 24.2 Å². The second kappa shape index (κ2) is 6.58. The minimum Gasteiger partial charge on any atom is -0.322 e. The Morgan fingerprint density at radius 1 is 1.08 bits per heavy atom. The molecule has 25 heavy (non-hydrogen) atoms. The van der Waals surface area contributed by atoms with Gasteiger partial charge in [0, 0.05) is 29.9 Å². The maximum Gasteiger partial charge on any atom is 0.416 e. The van der Waals surface area contributed by atoms with E-state index in [9.17, 15) is 22.8 Å². The zero-order chi connectivity index (χ0) is 18.0. The lowest BCUT2D eigenvalue weighted by molar-refractivity contribution is -0.137. The summed E-state index contributed by atoms with van der Waals surface area (Å²) in [5.74, 6) is -0.572. The number of carbonyl (C=O) groups excluding carboxylic acids is 2. The smallest absolute Gasteiger partial charge is 0.322 e. The average Bonchev–Trinajstić information content (AvgIpc) is 3.01. The Bertz CT molecular complexity index is 801. The number of anilines is 2. The molecule has 2 aromatic rings. The molecular weight excluding hydrogens is 333 g/mol. The Hall–Kier alpha value is -2.83. The summed E-state index contributed by atoms with van der Waals surface area (Å²) in [6.45, 7) is 0.661. The molecule has 1 aliphatic rings. The molecule has 0 bridgehead atoms. The van der Waals surface area contributed by atoms with Crippen molar-refractivity contribution < 1.29 is 22.8 Å². The van der Waals surface area contributed by atoms with Crippen LogP contribution in [0.5, 0.6) is 0 Å². The normalized spacial score (nSPS) is 14.7. The quantitative estimate of drug-likeness (QED) is 0.908. The van der Waals surface area contributed by atoms with Gasteiger partial charge in [0.15, 0.2) is 0 Å². The number of nitrogens with one attached hydrogen (secondary N) is 1. The molecule has 0 radical (unpaired) electrons. The second-order valence-corrected chi connectivity index (χ2v) is 5.73. The van der Waals surface area contributed by atoms with Crippen molar-refractivity contribution in [3.8, 4) is 0 Å². The van der Waals surface area contributed by atoms with E-state index in [-0.39, 0.29) is 11.5 Å². The first-order valence-corrected chi connectivity index (χ1v) is 7.73. The summed E-state index contributed by atoms with van der Waals surface area (Å²) in [7, 11) is 0. The van der Waals surface area contributed by atoms with Crippen LogP contribution in [0.4, 0.5) is 24.5 Å². The summed E-state index contributed by atoms with van der Waals surface area (Å²) < 4.78 is 38.2. The van der Waals surface area contributed by atoms with Crippen molar-refractivity contribution in [1.82, 2.24) is 0 Å². The molecule has 1 saturated heterocycles. The number of halogens is 3. The third kappa shape index (κ3) is 3.81. The van der Waals surface area contributed by atoms with Crippen LogP contribution in [0.2, 0.25) is 0 Å². The molecule has 7 heteroatoms. The van der Waals surface area contributed by atoms with Crippen molar-refractivity contribution in [2.75, 3.05) is 16.8 Å². The van der Waals surface area contributed by atoms with E-state index < -0.39 is 17.6 Å². The maximum absolute atomic E-state index is 12.7. The van der Waals surface area contributed by atoms with Crippen LogP contribution in [-0.4, -0.2) is 18.4 Å². The molecule has 1 N–H and O–H groups in total. The monoisotopic (exact) mass is 348 g/mol. The number of alkyl halides is 3. The number of carbonyl (C=O) groups is 2. The molecule has 4 nitrogen and oxygen atoms in total. The SMILES string of the molecule is O=C(Nc1ccc(N2CCCC2=O)cc1)c1cccc(C(F)(F)F)c1. The molecule has 1 aliphatic heterocycles. The van der Waals surface area contributed by atoms with E-state index in [1.54, 1.807) is 29.2 Å². The van der Waals surface area contributed by atoms with Gasteiger partial charge in [-0.05, 0) is 48.9 Å². The van der Waals surface area contributed by atoms with Crippen LogP contribution in [0.25, 0.3) is 0 Å². The molecular formula is C18H15F3N2O2. The highest BCUT2D eigenvalue weighted by atomic mass is 19.4. The molecule has 0 atom stereocenters. The van der Waals surface area contributed by atoms with Gasteiger partial charge in [0.05, 0.1) is 5.56 Å². The van der Waals surface area contributed by atoms with E-state index in [1.807, 2.05) is 0 Å². The molecule has 0 saturated carbocycles. The van der Waals surface area contributed by atoms with Gasteiger partial charge >= 0.3 is 6.18 Å². The van der Waals surface area contributed by atoms with Crippen LogP contribution < -0.4 is 10.2 Å². The van der Waals surface area contributed by atoms with Crippen LogP contribution in [-0.2, 0) is 11.0 Å². The van der Waals surface area contributed by atoms with Crippen LogP contribution >= 0.6 is 0 Å². The van der Waals surface area contributed by atoms with Gasteiger partial charge in [0.2, 0.25) is 5.91 Å². The highest BCUT2D eigenvalue weighted by Crippen LogP contribution is 2.30. The minimum absolute atomic E-state index is 0.0563. The van der Waals surface area contributed by atoms with E-state index in [4.69, 9.17) is 0 Å². The molecule has 2 amide bonds. The van der Waals surface area contributed by atoms with E-state index in [1.165, 1.54) is 12.1 Å². The molecule has 0 unspecified atom stereocenters. The van der Waals surface area contributed by atoms with Gasteiger partial charge in [-0.3, -0.25) is 9.59 Å². The number of hydrogen-bond donors (Lipinski definition) is 1. The Morgan fingerprint density at radius 2 is 1.80 bits per heavy atom. The Kier molecular flexibility index (Phi) is 4.48. The lowest BCUT2D eigenvalue weighted by atomic mass is 10.1. The first-order chi connectivity index (χ1) is 11.8. The standard InChI is InChI=1S/C18H15F3N2O2/c19-18(20,21)13-4-1-3-12(11-13)17(25)22-14-6-8-15(9-7-14)23-10-2-5-16(23)24/h1,3-4,6-9,11H,2,5,10H2,(H,22,25). The fraction of sp³-hybridized carbons (Fsp3) is 0.222. The van der Waals surface area contributed by atoms with E-state index in [2.05, 4.69) is 5.32 Å². The topological polar surface area (TPSA) is 49.4 Å². The minimum atomic E-state index is -4.50. The van der Waals surface area contributed by atoms with Crippen LogP contribution in [0.1, 0.15) is 28.8 Å². The van der Waals surface area contributed by atoms with Crippen molar-refractivity contribution in [1.29, 1.82) is 0 Å². The summed E-state index contributed by atoms with van der Waals surface area (Å²) in [6, 6.07) is 10.9. The van der Waals surface area contributed by atoms with Gasteiger partial charge in [0.25, 0.3) is 5.91 Å². The Morgan fingerprint density at radius 3 is 2.40 bits per heavy atom. The lowest BCUT2D eigenvalue weighted by Crippen LogP contribution is -2.23. The van der Waals surface area contributed by atoms with Gasteiger partial charge in [-0.15, -0.1) is 0 Å². The molecule has 2 aromatic carbocycles. The number of rotatable bonds is 3. The van der Waals surface area contributed by atoms with Crippen LogP contribution in [0.15, 0.2) is 48.5 Å². The number of nitrogens with zero attached hydrogens (tertiary/aromatic N) is 1.